The quantitative estimate of drug-likeness (QED) is 0.695. The van der Waals surface area contributed by atoms with E-state index in [0.717, 1.165) is 40.2 Å². The molecule has 1 unspecified atom stereocenters. The molecule has 2 heterocycles. The molecule has 6 nitrogen and oxygen atoms in total. The van der Waals surface area contributed by atoms with E-state index in [-0.39, 0.29) is 18.5 Å². The maximum atomic E-state index is 12.3. The highest BCUT2D eigenvalue weighted by molar-refractivity contribution is 7.18. The highest BCUT2D eigenvalue weighted by atomic mass is 32.1. The fraction of sp³-hybridized carbons (Fsp3) is 0.286. The fourth-order valence-corrected chi connectivity index (χ4v) is 4.64. The van der Waals surface area contributed by atoms with Gasteiger partial charge < -0.3 is 5.32 Å². The molecule has 0 spiro atoms. The Morgan fingerprint density at radius 2 is 1.89 bits per heavy atom. The Kier molecular flexibility index (Phi) is 5.64. The molecule has 3 amide bonds. The van der Waals surface area contributed by atoms with Crippen LogP contribution < -0.4 is 10.6 Å². The topological polar surface area (TPSA) is 74.3 Å². The van der Waals surface area contributed by atoms with Crippen LogP contribution in [-0.2, 0) is 11.3 Å². The number of likely N-dealkylation sites (tertiary alicyclic amines) is 1. The molecule has 1 aliphatic heterocycles. The summed E-state index contributed by atoms with van der Waals surface area (Å²) in [6.45, 7) is 1.41. The van der Waals surface area contributed by atoms with E-state index in [1.807, 2.05) is 48.5 Å². The maximum absolute atomic E-state index is 12.3. The van der Waals surface area contributed by atoms with Crippen LogP contribution in [0.4, 0.5) is 4.79 Å². The minimum absolute atomic E-state index is 0.135. The van der Waals surface area contributed by atoms with Gasteiger partial charge in [-0.25, -0.2) is 9.78 Å². The smallest absolute Gasteiger partial charge is 0.321 e. The summed E-state index contributed by atoms with van der Waals surface area (Å²) in [7, 11) is 0. The van der Waals surface area contributed by atoms with Crippen LogP contribution in [0.5, 0.6) is 0 Å². The number of benzene rings is 2. The first-order valence-electron chi connectivity index (χ1n) is 9.40. The molecule has 1 saturated heterocycles. The lowest BCUT2D eigenvalue weighted by molar-refractivity contribution is -0.121. The van der Waals surface area contributed by atoms with Crippen LogP contribution in [-0.4, -0.2) is 34.9 Å². The third-order valence-corrected chi connectivity index (χ3v) is 5.99. The number of hydrogen-bond donors (Lipinski definition) is 2. The summed E-state index contributed by atoms with van der Waals surface area (Å²) in [4.78, 5) is 31.2. The largest absolute Gasteiger partial charge is 0.334 e. The van der Waals surface area contributed by atoms with Crippen molar-refractivity contribution in [2.45, 2.75) is 25.4 Å². The van der Waals surface area contributed by atoms with E-state index < -0.39 is 6.03 Å². The third kappa shape index (κ3) is 4.37. The van der Waals surface area contributed by atoms with Crippen molar-refractivity contribution in [1.82, 2.24) is 20.5 Å². The lowest BCUT2D eigenvalue weighted by atomic mass is 10.2. The Morgan fingerprint density at radius 3 is 2.71 bits per heavy atom. The molecule has 1 fully saturated rings. The SMILES string of the molecule is O=C(CN1CCCC1c1nc2ccccc2s1)NC(=O)NCc1ccccc1. The van der Waals surface area contributed by atoms with Gasteiger partial charge in [0.25, 0.3) is 0 Å². The number of urea groups is 1. The summed E-state index contributed by atoms with van der Waals surface area (Å²) in [5, 5.41) is 6.19. The Balaban J connectivity index is 1.32. The van der Waals surface area contributed by atoms with Gasteiger partial charge >= 0.3 is 6.03 Å². The standard InChI is InChI=1S/C21H22N4O2S/c26-19(24-21(27)22-13-15-7-2-1-3-8-15)14-25-12-6-10-17(25)20-23-16-9-4-5-11-18(16)28-20/h1-5,7-9,11,17H,6,10,12-14H2,(H2,22,24,26,27). The van der Waals surface area contributed by atoms with Crippen molar-refractivity contribution in [3.8, 4) is 0 Å². The number of para-hydroxylation sites is 1. The zero-order valence-corrected chi connectivity index (χ0v) is 16.2. The van der Waals surface area contributed by atoms with Crippen LogP contribution in [0.2, 0.25) is 0 Å². The van der Waals surface area contributed by atoms with Crippen LogP contribution in [0.15, 0.2) is 54.6 Å². The molecule has 0 saturated carbocycles. The van der Waals surface area contributed by atoms with Gasteiger partial charge in [0.2, 0.25) is 5.91 Å². The molecule has 4 rings (SSSR count). The molecule has 2 N–H and O–H groups in total. The summed E-state index contributed by atoms with van der Waals surface area (Å²) >= 11 is 1.68. The molecular weight excluding hydrogens is 372 g/mol. The lowest BCUT2D eigenvalue weighted by Crippen LogP contribution is -2.44. The zero-order chi connectivity index (χ0) is 19.3. The number of nitrogens with one attached hydrogen (secondary N) is 2. The van der Waals surface area contributed by atoms with Gasteiger partial charge in [-0.1, -0.05) is 42.5 Å². The monoisotopic (exact) mass is 394 g/mol. The molecule has 1 aromatic heterocycles. The van der Waals surface area contributed by atoms with Crippen molar-refractivity contribution in [2.75, 3.05) is 13.1 Å². The van der Waals surface area contributed by atoms with Gasteiger partial charge in [0, 0.05) is 6.54 Å². The average Bonchev–Trinajstić information content (AvgIpc) is 3.33. The van der Waals surface area contributed by atoms with Crippen LogP contribution >= 0.6 is 11.3 Å². The molecule has 0 aliphatic carbocycles. The highest BCUT2D eigenvalue weighted by Crippen LogP contribution is 2.36. The van der Waals surface area contributed by atoms with Crippen LogP contribution in [0.25, 0.3) is 10.2 Å². The van der Waals surface area contributed by atoms with Crippen molar-refractivity contribution >= 4 is 33.5 Å². The van der Waals surface area contributed by atoms with Gasteiger partial charge in [-0.2, -0.15) is 0 Å². The molecular formula is C21H22N4O2S. The lowest BCUT2D eigenvalue weighted by Gasteiger charge is -2.21. The van der Waals surface area contributed by atoms with Crippen molar-refractivity contribution in [2.24, 2.45) is 0 Å². The van der Waals surface area contributed by atoms with Crippen molar-refractivity contribution in [3.63, 3.8) is 0 Å². The van der Waals surface area contributed by atoms with E-state index >= 15 is 0 Å². The van der Waals surface area contributed by atoms with Gasteiger partial charge in [0.15, 0.2) is 0 Å². The summed E-state index contributed by atoms with van der Waals surface area (Å²) in [5.41, 5.74) is 1.99. The molecule has 2 aromatic carbocycles. The number of imide groups is 1. The fourth-order valence-electron chi connectivity index (χ4n) is 3.50. The summed E-state index contributed by atoms with van der Waals surface area (Å²) in [6.07, 6.45) is 2.00. The summed E-state index contributed by atoms with van der Waals surface area (Å²) in [5.74, 6) is -0.293. The van der Waals surface area contributed by atoms with Gasteiger partial charge in [0.1, 0.15) is 5.01 Å². The minimum atomic E-state index is -0.468. The number of amides is 3. The second kappa shape index (κ2) is 8.50. The summed E-state index contributed by atoms with van der Waals surface area (Å²) < 4.78 is 1.16. The predicted molar refractivity (Wildman–Crippen MR) is 110 cm³/mol. The molecule has 0 radical (unpaired) electrons. The van der Waals surface area contributed by atoms with Crippen LogP contribution in [0.3, 0.4) is 0 Å². The Hall–Kier alpha value is -2.77. The van der Waals surface area contributed by atoms with E-state index in [9.17, 15) is 9.59 Å². The van der Waals surface area contributed by atoms with E-state index in [4.69, 9.17) is 4.98 Å². The van der Waals surface area contributed by atoms with Crippen molar-refractivity contribution < 1.29 is 9.59 Å². The maximum Gasteiger partial charge on any atom is 0.321 e. The average molecular weight is 395 g/mol. The van der Waals surface area contributed by atoms with E-state index in [1.165, 1.54) is 0 Å². The molecule has 3 aromatic rings. The number of rotatable bonds is 5. The Morgan fingerprint density at radius 1 is 1.11 bits per heavy atom. The molecule has 28 heavy (non-hydrogen) atoms. The third-order valence-electron chi connectivity index (χ3n) is 4.85. The number of carbonyl (C=O) groups is 2. The van der Waals surface area contributed by atoms with Crippen molar-refractivity contribution in [3.05, 3.63) is 65.2 Å². The Labute approximate surface area is 167 Å². The van der Waals surface area contributed by atoms with Crippen molar-refractivity contribution in [1.29, 1.82) is 0 Å². The van der Waals surface area contributed by atoms with Gasteiger partial charge in [0.05, 0.1) is 22.8 Å². The second-order valence-electron chi connectivity index (χ2n) is 6.86. The zero-order valence-electron chi connectivity index (χ0n) is 15.4. The van der Waals surface area contributed by atoms with Gasteiger partial charge in [-0.15, -0.1) is 11.3 Å². The molecule has 1 atom stereocenters. The number of hydrogen-bond acceptors (Lipinski definition) is 5. The Bertz CT molecular complexity index is 940. The number of nitrogens with zero attached hydrogens (tertiary/aromatic N) is 2. The second-order valence-corrected chi connectivity index (χ2v) is 7.93. The normalized spacial score (nSPS) is 16.9. The molecule has 0 bridgehead atoms. The number of fused-ring (bicyclic) bond motifs is 1. The first kappa shape index (κ1) is 18.6. The first-order valence-corrected chi connectivity index (χ1v) is 10.2. The minimum Gasteiger partial charge on any atom is -0.334 e. The van der Waals surface area contributed by atoms with E-state index in [0.29, 0.717) is 6.54 Å². The highest BCUT2D eigenvalue weighted by Gasteiger charge is 2.30. The number of carbonyl (C=O) groups excluding carboxylic acids is 2. The number of thiazole rings is 1. The van der Waals surface area contributed by atoms with Gasteiger partial charge in [-0.3, -0.25) is 15.0 Å². The molecule has 144 valence electrons. The van der Waals surface area contributed by atoms with E-state index in [1.54, 1.807) is 11.3 Å². The predicted octanol–water partition coefficient (Wildman–Crippen LogP) is 3.46. The van der Waals surface area contributed by atoms with E-state index in [2.05, 4.69) is 21.6 Å². The van der Waals surface area contributed by atoms with Crippen LogP contribution in [0.1, 0.15) is 29.5 Å². The summed E-state index contributed by atoms with van der Waals surface area (Å²) in [6, 6.07) is 17.3. The molecule has 1 aliphatic rings. The van der Waals surface area contributed by atoms with Crippen LogP contribution in [0, 0.1) is 0 Å². The first-order chi connectivity index (χ1) is 13.7. The molecule has 7 heteroatoms. The van der Waals surface area contributed by atoms with Gasteiger partial charge in [-0.05, 0) is 37.1 Å². The number of aromatic nitrogens is 1.